The summed E-state index contributed by atoms with van der Waals surface area (Å²) in [6, 6.07) is 4.74. The number of carbonyl (C=O) groups excluding carboxylic acids is 1. The molecule has 0 radical (unpaired) electrons. The summed E-state index contributed by atoms with van der Waals surface area (Å²) in [4.78, 5) is 15.7. The fourth-order valence-electron chi connectivity index (χ4n) is 1.51. The lowest BCUT2D eigenvalue weighted by molar-refractivity contribution is 0.102. The number of aryl methyl sites for hydroxylation is 1. The summed E-state index contributed by atoms with van der Waals surface area (Å²) in [6.07, 6.45) is 1.53. The molecule has 19 heavy (non-hydrogen) atoms. The van der Waals surface area contributed by atoms with Crippen molar-refractivity contribution in [2.75, 3.05) is 5.32 Å². The van der Waals surface area contributed by atoms with E-state index >= 15 is 0 Å². The third kappa shape index (κ3) is 2.57. The highest BCUT2D eigenvalue weighted by Gasteiger charge is 2.19. The van der Waals surface area contributed by atoms with Crippen LogP contribution in [0.3, 0.4) is 0 Å². The lowest BCUT2D eigenvalue weighted by Gasteiger charge is -2.08. The maximum atomic E-state index is 13.4. The molecule has 0 saturated heterocycles. The van der Waals surface area contributed by atoms with Gasteiger partial charge in [-0.15, -0.1) is 0 Å². The molecule has 1 heterocycles. The number of amides is 1. The average molecular weight is 266 g/mol. The Balaban J connectivity index is 2.31. The zero-order valence-electron chi connectivity index (χ0n) is 9.88. The van der Waals surface area contributed by atoms with E-state index in [2.05, 4.69) is 10.3 Å². The van der Waals surface area contributed by atoms with Gasteiger partial charge in [-0.2, -0.15) is 0 Å². The first kappa shape index (κ1) is 13.1. The lowest BCUT2D eigenvalue weighted by atomic mass is 10.1. The lowest BCUT2D eigenvalue weighted by Crippen LogP contribution is -2.16. The third-order valence-electron chi connectivity index (χ3n) is 2.53. The number of nitrogens with zero attached hydrogens (tertiary/aromatic N) is 1. The van der Waals surface area contributed by atoms with E-state index in [4.69, 9.17) is 0 Å². The fraction of sp³-hybridized carbons (Fsp3) is 0.0769. The molecule has 1 aromatic carbocycles. The number of pyridine rings is 1. The number of carbonyl (C=O) groups is 1. The number of aromatic nitrogens is 1. The fourth-order valence-corrected chi connectivity index (χ4v) is 1.51. The second kappa shape index (κ2) is 5.09. The number of anilines is 1. The van der Waals surface area contributed by atoms with Crippen LogP contribution in [0.15, 0.2) is 30.5 Å². The average Bonchev–Trinajstić information content (AvgIpc) is 2.39. The molecule has 0 atom stereocenters. The van der Waals surface area contributed by atoms with Crippen LogP contribution in [-0.2, 0) is 0 Å². The van der Waals surface area contributed by atoms with Crippen LogP contribution in [0, 0.1) is 24.4 Å². The summed E-state index contributed by atoms with van der Waals surface area (Å²) < 4.78 is 39.2. The van der Waals surface area contributed by atoms with Gasteiger partial charge in [0.2, 0.25) is 0 Å². The summed E-state index contributed by atoms with van der Waals surface area (Å²) in [5.41, 5.74) is 0.331. The summed E-state index contributed by atoms with van der Waals surface area (Å²) in [7, 11) is 0. The molecule has 0 fully saturated rings. The van der Waals surface area contributed by atoms with Crippen molar-refractivity contribution in [1.29, 1.82) is 0 Å². The Hall–Kier alpha value is -2.37. The van der Waals surface area contributed by atoms with Gasteiger partial charge in [0.05, 0.1) is 16.9 Å². The SMILES string of the molecule is Cc1ncccc1NC(=O)c1ccc(F)c(F)c1F. The standard InChI is InChI=1S/C13H9F3N2O/c1-7-10(3-2-6-17-7)18-13(19)8-4-5-9(14)12(16)11(8)15/h2-6H,1H3,(H,18,19). The van der Waals surface area contributed by atoms with Crippen molar-refractivity contribution in [3.8, 4) is 0 Å². The number of rotatable bonds is 2. The number of hydrogen-bond donors (Lipinski definition) is 1. The van der Waals surface area contributed by atoms with E-state index in [1.807, 2.05) is 0 Å². The topological polar surface area (TPSA) is 42.0 Å². The Bertz CT molecular complexity index is 644. The van der Waals surface area contributed by atoms with Gasteiger partial charge in [0.1, 0.15) is 0 Å². The number of hydrogen-bond acceptors (Lipinski definition) is 2. The number of halogens is 3. The highest BCUT2D eigenvalue weighted by molar-refractivity contribution is 6.04. The maximum absolute atomic E-state index is 13.4. The van der Waals surface area contributed by atoms with Crippen LogP contribution in [0.4, 0.5) is 18.9 Å². The predicted octanol–water partition coefficient (Wildman–Crippen LogP) is 3.06. The second-order valence-corrected chi connectivity index (χ2v) is 3.81. The molecule has 1 amide bonds. The van der Waals surface area contributed by atoms with Crippen LogP contribution in [0.25, 0.3) is 0 Å². The van der Waals surface area contributed by atoms with Crippen molar-refractivity contribution in [2.45, 2.75) is 6.92 Å². The zero-order valence-corrected chi connectivity index (χ0v) is 9.88. The van der Waals surface area contributed by atoms with E-state index < -0.39 is 28.9 Å². The molecule has 1 N–H and O–H groups in total. The van der Waals surface area contributed by atoms with E-state index in [0.717, 1.165) is 6.07 Å². The number of nitrogens with one attached hydrogen (secondary N) is 1. The summed E-state index contributed by atoms with van der Waals surface area (Å²) in [6.45, 7) is 1.65. The molecular formula is C13H9F3N2O. The molecule has 0 aliphatic carbocycles. The maximum Gasteiger partial charge on any atom is 0.258 e. The second-order valence-electron chi connectivity index (χ2n) is 3.81. The van der Waals surface area contributed by atoms with Crippen LogP contribution in [0.5, 0.6) is 0 Å². The minimum Gasteiger partial charge on any atom is -0.320 e. The molecule has 0 bridgehead atoms. The molecule has 98 valence electrons. The molecule has 2 rings (SSSR count). The Morgan fingerprint density at radius 1 is 1.16 bits per heavy atom. The van der Waals surface area contributed by atoms with Gasteiger partial charge in [-0.1, -0.05) is 0 Å². The summed E-state index contributed by atoms with van der Waals surface area (Å²) >= 11 is 0. The van der Waals surface area contributed by atoms with Crippen LogP contribution in [0.2, 0.25) is 0 Å². The third-order valence-corrected chi connectivity index (χ3v) is 2.53. The molecular weight excluding hydrogens is 257 g/mol. The Labute approximate surface area is 107 Å². The quantitative estimate of drug-likeness (QED) is 0.849. The Morgan fingerprint density at radius 3 is 2.58 bits per heavy atom. The highest BCUT2D eigenvalue weighted by Crippen LogP contribution is 2.18. The van der Waals surface area contributed by atoms with Gasteiger partial charge in [-0.3, -0.25) is 9.78 Å². The van der Waals surface area contributed by atoms with E-state index in [9.17, 15) is 18.0 Å². The van der Waals surface area contributed by atoms with Crippen LogP contribution >= 0.6 is 0 Å². The first-order valence-corrected chi connectivity index (χ1v) is 5.37. The predicted molar refractivity (Wildman–Crippen MR) is 63.2 cm³/mol. The first-order valence-electron chi connectivity index (χ1n) is 5.37. The minimum absolute atomic E-state index is 0.372. The van der Waals surface area contributed by atoms with Crippen LogP contribution < -0.4 is 5.32 Å². The molecule has 6 heteroatoms. The summed E-state index contributed by atoms with van der Waals surface area (Å²) in [5, 5.41) is 2.38. The molecule has 0 spiro atoms. The van der Waals surface area contributed by atoms with Crippen molar-refractivity contribution in [3.05, 3.63) is 59.2 Å². The highest BCUT2D eigenvalue weighted by atomic mass is 19.2. The van der Waals surface area contributed by atoms with Gasteiger partial charge in [0, 0.05) is 6.20 Å². The van der Waals surface area contributed by atoms with Crippen LogP contribution in [0.1, 0.15) is 16.1 Å². The molecule has 0 aliphatic rings. The zero-order chi connectivity index (χ0) is 14.0. The Morgan fingerprint density at radius 2 is 1.89 bits per heavy atom. The minimum atomic E-state index is -1.67. The van der Waals surface area contributed by atoms with Gasteiger partial charge in [0.15, 0.2) is 17.5 Å². The van der Waals surface area contributed by atoms with E-state index in [1.165, 1.54) is 6.20 Å². The van der Waals surface area contributed by atoms with Crippen molar-refractivity contribution in [1.82, 2.24) is 4.98 Å². The smallest absolute Gasteiger partial charge is 0.258 e. The van der Waals surface area contributed by atoms with Crippen LogP contribution in [-0.4, -0.2) is 10.9 Å². The van der Waals surface area contributed by atoms with E-state index in [0.29, 0.717) is 17.4 Å². The Kier molecular flexibility index (Phi) is 3.50. The van der Waals surface area contributed by atoms with Gasteiger partial charge < -0.3 is 5.32 Å². The van der Waals surface area contributed by atoms with Crippen molar-refractivity contribution in [2.24, 2.45) is 0 Å². The van der Waals surface area contributed by atoms with E-state index in [-0.39, 0.29) is 0 Å². The largest absolute Gasteiger partial charge is 0.320 e. The molecule has 0 saturated carbocycles. The summed E-state index contributed by atoms with van der Waals surface area (Å²) in [5.74, 6) is -5.39. The van der Waals surface area contributed by atoms with Crippen molar-refractivity contribution >= 4 is 11.6 Å². The van der Waals surface area contributed by atoms with Gasteiger partial charge in [-0.25, -0.2) is 13.2 Å². The normalized spacial score (nSPS) is 10.3. The molecule has 0 aliphatic heterocycles. The van der Waals surface area contributed by atoms with Crippen molar-refractivity contribution < 1.29 is 18.0 Å². The number of benzene rings is 1. The van der Waals surface area contributed by atoms with Gasteiger partial charge in [0.25, 0.3) is 5.91 Å². The van der Waals surface area contributed by atoms with Crippen molar-refractivity contribution in [3.63, 3.8) is 0 Å². The molecule has 0 unspecified atom stereocenters. The molecule has 1 aromatic heterocycles. The first-order chi connectivity index (χ1) is 9.00. The molecule has 2 aromatic rings. The van der Waals surface area contributed by atoms with Gasteiger partial charge >= 0.3 is 0 Å². The van der Waals surface area contributed by atoms with Gasteiger partial charge in [-0.05, 0) is 31.2 Å². The monoisotopic (exact) mass is 266 g/mol. The van der Waals surface area contributed by atoms with E-state index in [1.54, 1.807) is 19.1 Å². The molecule has 3 nitrogen and oxygen atoms in total.